The van der Waals surface area contributed by atoms with Gasteiger partial charge in [0, 0.05) is 51.5 Å². The summed E-state index contributed by atoms with van der Waals surface area (Å²) in [5, 5.41) is 4.19. The summed E-state index contributed by atoms with van der Waals surface area (Å²) in [5.74, 6) is 0.222. The van der Waals surface area contributed by atoms with Gasteiger partial charge in [0.15, 0.2) is 0 Å². The van der Waals surface area contributed by atoms with Crippen LogP contribution in [0.25, 0.3) is 0 Å². The normalized spacial score (nSPS) is 21.5. The molecule has 3 heterocycles. The van der Waals surface area contributed by atoms with Crippen LogP contribution in [0.4, 0.5) is 5.69 Å². The molecule has 1 aromatic carbocycles. The fourth-order valence-electron chi connectivity index (χ4n) is 4.00. The topological polar surface area (TPSA) is 61.7 Å². The van der Waals surface area contributed by atoms with Crippen LogP contribution in [-0.4, -0.2) is 70.2 Å². The number of nitrogens with zero attached hydrogens (tertiary/aromatic N) is 5. The number of piperazine rings is 1. The molecule has 0 aliphatic carbocycles. The van der Waals surface area contributed by atoms with Crippen molar-refractivity contribution >= 4 is 17.5 Å². The lowest BCUT2D eigenvalue weighted by Gasteiger charge is -2.42. The second-order valence-corrected chi connectivity index (χ2v) is 7.21. The lowest BCUT2D eigenvalue weighted by atomic mass is 10.0. The first kappa shape index (κ1) is 17.7. The van der Waals surface area contributed by atoms with Crippen LogP contribution in [0.1, 0.15) is 23.2 Å². The van der Waals surface area contributed by atoms with E-state index in [9.17, 15) is 9.59 Å². The number of carbonyl (C=O) groups is 2. The predicted octanol–water partition coefficient (Wildman–Crippen LogP) is 1.37. The summed E-state index contributed by atoms with van der Waals surface area (Å²) in [6.45, 7) is 3.52. The van der Waals surface area contributed by atoms with E-state index in [1.807, 2.05) is 53.4 Å². The molecule has 7 heteroatoms. The largest absolute Gasteiger partial charge is 0.336 e. The number of hydrogen-bond acceptors (Lipinski definition) is 4. The summed E-state index contributed by atoms with van der Waals surface area (Å²) in [6, 6.07) is 9.29. The van der Waals surface area contributed by atoms with Gasteiger partial charge in [-0.1, -0.05) is 18.2 Å². The molecule has 2 aliphatic rings. The molecular weight excluding hydrogens is 342 g/mol. The molecular formula is C20H25N5O2. The van der Waals surface area contributed by atoms with E-state index in [1.165, 1.54) is 0 Å². The maximum Gasteiger partial charge on any atom is 0.253 e. The van der Waals surface area contributed by atoms with Crippen molar-refractivity contribution in [2.45, 2.75) is 18.9 Å². The van der Waals surface area contributed by atoms with Crippen molar-refractivity contribution in [1.82, 2.24) is 19.6 Å². The van der Waals surface area contributed by atoms with Gasteiger partial charge < -0.3 is 9.80 Å². The average molecular weight is 367 g/mol. The van der Waals surface area contributed by atoms with Gasteiger partial charge in [-0.3, -0.25) is 19.2 Å². The molecule has 0 spiro atoms. The minimum absolute atomic E-state index is 0.0715. The highest BCUT2D eigenvalue weighted by Gasteiger charge is 2.36. The first-order valence-corrected chi connectivity index (χ1v) is 9.52. The van der Waals surface area contributed by atoms with Gasteiger partial charge in [0.05, 0.1) is 17.9 Å². The summed E-state index contributed by atoms with van der Waals surface area (Å²) in [6.07, 6.45) is 5.49. The lowest BCUT2D eigenvalue weighted by molar-refractivity contribution is -0.126. The minimum atomic E-state index is -0.104. The molecule has 2 aliphatic heterocycles. The average Bonchev–Trinajstić information content (AvgIpc) is 3.14. The standard InChI is InChI=1S/C20H25N5O2/c1-22-15-17(14-21-22)25-9-5-8-18(20(25)27)23-10-12-24(13-11-23)19(26)16-6-3-2-4-7-16/h2-4,6-7,14-15,18H,5,8-13H2,1H3/t18-/m1/s1. The number of carbonyl (C=O) groups excluding carboxylic acids is 2. The van der Waals surface area contributed by atoms with Crippen molar-refractivity contribution in [2.24, 2.45) is 7.05 Å². The lowest BCUT2D eigenvalue weighted by Crippen LogP contribution is -2.58. The number of anilines is 1. The molecule has 0 saturated carbocycles. The van der Waals surface area contributed by atoms with Crippen LogP contribution in [0.3, 0.4) is 0 Å². The maximum atomic E-state index is 13.0. The Morgan fingerprint density at radius 3 is 2.48 bits per heavy atom. The zero-order chi connectivity index (χ0) is 18.8. The van der Waals surface area contributed by atoms with E-state index < -0.39 is 0 Å². The third-order valence-electron chi connectivity index (χ3n) is 5.48. The fourth-order valence-corrected chi connectivity index (χ4v) is 4.00. The highest BCUT2D eigenvalue weighted by Crippen LogP contribution is 2.24. The monoisotopic (exact) mass is 367 g/mol. The van der Waals surface area contributed by atoms with E-state index in [2.05, 4.69) is 10.00 Å². The predicted molar refractivity (Wildman–Crippen MR) is 103 cm³/mol. The Morgan fingerprint density at radius 2 is 1.81 bits per heavy atom. The van der Waals surface area contributed by atoms with E-state index in [0.717, 1.165) is 43.7 Å². The highest BCUT2D eigenvalue weighted by molar-refractivity contribution is 5.98. The molecule has 2 aromatic rings. The quantitative estimate of drug-likeness (QED) is 0.822. The van der Waals surface area contributed by atoms with E-state index in [-0.39, 0.29) is 17.9 Å². The Morgan fingerprint density at radius 1 is 1.07 bits per heavy atom. The van der Waals surface area contributed by atoms with Crippen LogP contribution in [0.5, 0.6) is 0 Å². The molecule has 1 aromatic heterocycles. The van der Waals surface area contributed by atoms with Gasteiger partial charge in [0.2, 0.25) is 5.91 Å². The van der Waals surface area contributed by atoms with E-state index >= 15 is 0 Å². The number of hydrogen-bond donors (Lipinski definition) is 0. The van der Waals surface area contributed by atoms with Crippen molar-refractivity contribution in [2.75, 3.05) is 37.6 Å². The van der Waals surface area contributed by atoms with E-state index in [4.69, 9.17) is 0 Å². The molecule has 27 heavy (non-hydrogen) atoms. The van der Waals surface area contributed by atoms with Crippen molar-refractivity contribution < 1.29 is 9.59 Å². The van der Waals surface area contributed by atoms with Crippen LogP contribution < -0.4 is 4.90 Å². The summed E-state index contributed by atoms with van der Waals surface area (Å²) >= 11 is 0. The van der Waals surface area contributed by atoms with Crippen LogP contribution >= 0.6 is 0 Å². The summed E-state index contributed by atoms with van der Waals surface area (Å²) in [4.78, 5) is 31.6. The summed E-state index contributed by atoms with van der Waals surface area (Å²) in [7, 11) is 1.86. The maximum absolute atomic E-state index is 13.0. The van der Waals surface area contributed by atoms with Gasteiger partial charge in [-0.05, 0) is 25.0 Å². The van der Waals surface area contributed by atoms with Gasteiger partial charge in [0.1, 0.15) is 0 Å². The second-order valence-electron chi connectivity index (χ2n) is 7.21. The van der Waals surface area contributed by atoms with E-state index in [0.29, 0.717) is 13.1 Å². The molecule has 0 bridgehead atoms. The van der Waals surface area contributed by atoms with Crippen molar-refractivity contribution in [3.8, 4) is 0 Å². The number of amides is 2. The molecule has 0 unspecified atom stereocenters. The van der Waals surface area contributed by atoms with Crippen molar-refractivity contribution in [3.05, 3.63) is 48.3 Å². The number of benzene rings is 1. The van der Waals surface area contributed by atoms with Gasteiger partial charge >= 0.3 is 0 Å². The SMILES string of the molecule is Cn1cc(N2CCC[C@@H](N3CCN(C(=O)c4ccccc4)CC3)C2=O)cn1. The number of aryl methyl sites for hydroxylation is 1. The van der Waals surface area contributed by atoms with Gasteiger partial charge in [0.25, 0.3) is 5.91 Å². The summed E-state index contributed by atoms with van der Waals surface area (Å²) in [5.41, 5.74) is 1.59. The smallest absolute Gasteiger partial charge is 0.253 e. The Hall–Kier alpha value is -2.67. The van der Waals surface area contributed by atoms with Crippen molar-refractivity contribution in [1.29, 1.82) is 0 Å². The molecule has 2 saturated heterocycles. The third-order valence-corrected chi connectivity index (χ3v) is 5.48. The zero-order valence-electron chi connectivity index (χ0n) is 15.6. The molecule has 1 atom stereocenters. The van der Waals surface area contributed by atoms with Crippen LogP contribution in [0.15, 0.2) is 42.7 Å². The molecule has 2 amide bonds. The first-order valence-electron chi connectivity index (χ1n) is 9.52. The van der Waals surface area contributed by atoms with Crippen LogP contribution in [0, 0.1) is 0 Å². The van der Waals surface area contributed by atoms with E-state index in [1.54, 1.807) is 10.9 Å². The van der Waals surface area contributed by atoms with Crippen LogP contribution in [0.2, 0.25) is 0 Å². The van der Waals surface area contributed by atoms with Crippen molar-refractivity contribution in [3.63, 3.8) is 0 Å². The van der Waals surface area contributed by atoms with Crippen LogP contribution in [-0.2, 0) is 11.8 Å². The van der Waals surface area contributed by atoms with Gasteiger partial charge in [-0.25, -0.2) is 0 Å². The second kappa shape index (κ2) is 7.52. The Kier molecular flexibility index (Phi) is 4.94. The minimum Gasteiger partial charge on any atom is -0.336 e. The number of rotatable bonds is 3. The Balaban J connectivity index is 1.39. The molecule has 0 N–H and O–H groups in total. The Labute approximate surface area is 159 Å². The molecule has 7 nitrogen and oxygen atoms in total. The van der Waals surface area contributed by atoms with Gasteiger partial charge in [-0.2, -0.15) is 5.10 Å². The van der Waals surface area contributed by atoms with Gasteiger partial charge in [-0.15, -0.1) is 0 Å². The third kappa shape index (κ3) is 3.60. The molecule has 4 rings (SSSR count). The summed E-state index contributed by atoms with van der Waals surface area (Å²) < 4.78 is 1.72. The first-order chi connectivity index (χ1) is 13.1. The fraction of sp³-hybridized carbons (Fsp3) is 0.450. The molecule has 0 radical (unpaired) electrons. The molecule has 2 fully saturated rings. The molecule has 142 valence electrons. The zero-order valence-corrected chi connectivity index (χ0v) is 15.6. The number of aromatic nitrogens is 2. The Bertz CT molecular complexity index is 811. The highest BCUT2D eigenvalue weighted by atomic mass is 16.2. The number of piperidine rings is 1.